The fourth-order valence-electron chi connectivity index (χ4n) is 3.97. The Morgan fingerprint density at radius 1 is 0.811 bits per heavy atom. The summed E-state index contributed by atoms with van der Waals surface area (Å²) in [5, 5.41) is 17.4. The van der Waals surface area contributed by atoms with Crippen LogP contribution < -0.4 is 16.0 Å². The molecule has 1 aliphatic carbocycles. The summed E-state index contributed by atoms with van der Waals surface area (Å²) in [5.41, 5.74) is 2.56. The molecule has 0 aromatic heterocycles. The third-order valence-corrected chi connectivity index (χ3v) is 7.85. The summed E-state index contributed by atoms with van der Waals surface area (Å²) in [6, 6.07) is 14.1. The van der Waals surface area contributed by atoms with E-state index in [2.05, 4.69) is 16.0 Å². The molecule has 4 rings (SSSR count). The van der Waals surface area contributed by atoms with Gasteiger partial charge in [0.15, 0.2) is 0 Å². The molecule has 7 nitrogen and oxygen atoms in total. The Balaban J connectivity index is 1.48. The lowest BCUT2D eigenvalue weighted by molar-refractivity contribution is -0.117. The number of halogens is 5. The molecule has 3 aromatic carbocycles. The number of hydrogen-bond acceptors (Lipinski definition) is 3. The second-order valence-corrected chi connectivity index (χ2v) is 11.1. The van der Waals surface area contributed by atoms with Crippen molar-refractivity contribution in [2.75, 3.05) is 16.0 Å². The van der Waals surface area contributed by atoms with Crippen molar-refractivity contribution in [2.45, 2.75) is 17.2 Å². The minimum atomic E-state index is -1.34. The van der Waals surface area contributed by atoms with Gasteiger partial charge in [-0.25, -0.2) is 4.79 Å². The van der Waals surface area contributed by atoms with Gasteiger partial charge in [-0.2, -0.15) is 0 Å². The number of carbonyl (C=O) groups excluding carboxylic acids is 2. The first-order valence-corrected chi connectivity index (χ1v) is 12.6. The first kappa shape index (κ1) is 27.4. The number of carbonyl (C=O) groups is 3. The molecule has 4 N–H and O–H groups in total. The minimum Gasteiger partial charge on any atom is -0.465 e. The molecule has 0 radical (unpaired) electrons. The van der Waals surface area contributed by atoms with Crippen LogP contribution in [0.5, 0.6) is 0 Å². The highest BCUT2D eigenvalue weighted by atomic mass is 35.5. The predicted molar refractivity (Wildman–Crippen MR) is 148 cm³/mol. The van der Waals surface area contributed by atoms with Gasteiger partial charge in [0, 0.05) is 23.0 Å². The number of anilines is 3. The van der Waals surface area contributed by atoms with Gasteiger partial charge in [0.05, 0.1) is 26.5 Å². The number of hydrogen-bond donors (Lipinski definition) is 4. The molecule has 1 aliphatic rings. The number of aryl methyl sites for hydroxylation is 1. The lowest BCUT2D eigenvalue weighted by atomic mass is 10.1. The van der Waals surface area contributed by atoms with E-state index in [0.29, 0.717) is 38.2 Å². The zero-order valence-electron chi connectivity index (χ0n) is 18.9. The van der Waals surface area contributed by atoms with E-state index in [9.17, 15) is 14.4 Å². The van der Waals surface area contributed by atoms with Gasteiger partial charge in [-0.3, -0.25) is 14.9 Å². The van der Waals surface area contributed by atoms with Gasteiger partial charge in [0.25, 0.3) is 5.91 Å². The molecule has 0 saturated heterocycles. The van der Waals surface area contributed by atoms with Gasteiger partial charge in [-0.1, -0.05) is 40.9 Å². The molecule has 37 heavy (non-hydrogen) atoms. The maximum Gasteiger partial charge on any atom is 0.409 e. The Morgan fingerprint density at radius 3 is 2.11 bits per heavy atom. The average molecular weight is 602 g/mol. The van der Waals surface area contributed by atoms with Gasteiger partial charge in [0.1, 0.15) is 4.33 Å². The maximum atomic E-state index is 13.0. The number of carboxylic acid groups (broad SMARTS) is 1. The third-order valence-electron chi connectivity index (χ3n) is 5.84. The average Bonchev–Trinajstić information content (AvgIpc) is 3.40. The lowest BCUT2D eigenvalue weighted by Crippen LogP contribution is -2.18. The lowest BCUT2D eigenvalue weighted by Gasteiger charge is -2.12. The molecular weight excluding hydrogens is 584 g/mol. The van der Waals surface area contributed by atoms with Crippen LogP contribution in [0.4, 0.5) is 21.9 Å². The topological polar surface area (TPSA) is 108 Å². The number of amides is 3. The molecule has 3 aromatic rings. The molecule has 0 unspecified atom stereocenters. The van der Waals surface area contributed by atoms with Gasteiger partial charge >= 0.3 is 6.09 Å². The van der Waals surface area contributed by atoms with Crippen molar-refractivity contribution in [3.63, 3.8) is 0 Å². The summed E-state index contributed by atoms with van der Waals surface area (Å²) in [5.74, 6) is -2.22. The number of benzene rings is 3. The van der Waals surface area contributed by atoms with Gasteiger partial charge < -0.3 is 15.7 Å². The van der Waals surface area contributed by atoms with E-state index in [1.165, 1.54) is 18.2 Å². The van der Waals surface area contributed by atoms with Crippen molar-refractivity contribution >= 4 is 93.0 Å². The molecule has 0 spiro atoms. The van der Waals surface area contributed by atoms with E-state index in [1.807, 2.05) is 0 Å². The van der Waals surface area contributed by atoms with Crippen molar-refractivity contribution in [3.05, 3.63) is 86.4 Å². The SMILES string of the molecule is Cc1cc(NC(=O)O)ccc1NC(=O)c1cc(NC(=O)[C@H]2[C@H](c3ccc(Cl)c(Cl)c3)C2(Cl)Cl)ccc1Cl. The minimum absolute atomic E-state index is 0.117. The largest absolute Gasteiger partial charge is 0.465 e. The highest BCUT2D eigenvalue weighted by Crippen LogP contribution is 2.65. The van der Waals surface area contributed by atoms with Crippen molar-refractivity contribution in [3.8, 4) is 0 Å². The molecule has 2 atom stereocenters. The number of alkyl halides is 2. The summed E-state index contributed by atoms with van der Waals surface area (Å²) in [7, 11) is 0. The quantitative estimate of drug-likeness (QED) is 0.216. The second-order valence-electron chi connectivity index (χ2n) is 8.40. The van der Waals surface area contributed by atoms with Gasteiger partial charge in [-0.05, 0) is 66.6 Å². The van der Waals surface area contributed by atoms with Crippen LogP contribution in [0.2, 0.25) is 15.1 Å². The molecule has 0 heterocycles. The third kappa shape index (κ3) is 5.92. The Kier molecular flexibility index (Phi) is 7.83. The van der Waals surface area contributed by atoms with Crippen LogP contribution in [0, 0.1) is 12.8 Å². The monoisotopic (exact) mass is 599 g/mol. The second kappa shape index (κ2) is 10.6. The van der Waals surface area contributed by atoms with E-state index < -0.39 is 34.1 Å². The van der Waals surface area contributed by atoms with Crippen molar-refractivity contribution in [1.29, 1.82) is 0 Å². The smallest absolute Gasteiger partial charge is 0.409 e. The number of nitrogens with one attached hydrogen (secondary N) is 3. The predicted octanol–water partition coefficient (Wildman–Crippen LogP) is 7.82. The summed E-state index contributed by atoms with van der Waals surface area (Å²) >= 11 is 31.2. The first-order chi connectivity index (χ1) is 17.4. The van der Waals surface area contributed by atoms with Gasteiger partial charge in [0.2, 0.25) is 5.91 Å². The van der Waals surface area contributed by atoms with Crippen molar-refractivity contribution in [2.24, 2.45) is 5.92 Å². The summed E-state index contributed by atoms with van der Waals surface area (Å²) in [6.07, 6.45) is -1.20. The van der Waals surface area contributed by atoms with Crippen LogP contribution in [0.3, 0.4) is 0 Å². The van der Waals surface area contributed by atoms with E-state index in [0.717, 1.165) is 0 Å². The molecule has 12 heteroatoms. The highest BCUT2D eigenvalue weighted by Gasteiger charge is 2.67. The van der Waals surface area contributed by atoms with E-state index in [1.54, 1.807) is 43.3 Å². The summed E-state index contributed by atoms with van der Waals surface area (Å²) in [6.45, 7) is 1.71. The van der Waals surface area contributed by atoms with Crippen LogP contribution in [-0.4, -0.2) is 27.3 Å². The summed E-state index contributed by atoms with van der Waals surface area (Å²) < 4.78 is -1.34. The molecule has 1 saturated carbocycles. The molecule has 1 fully saturated rings. The normalized spacial score (nSPS) is 17.6. The molecule has 0 aliphatic heterocycles. The highest BCUT2D eigenvalue weighted by molar-refractivity contribution is 6.53. The zero-order chi connectivity index (χ0) is 27.1. The standard InChI is InChI=1S/C25H18Cl5N3O4/c1-11-8-13(32-24(36)37)4-7-19(11)33-22(34)15-10-14(3-6-16(15)26)31-23(35)21-20(25(21,29)30)12-2-5-17(27)18(28)9-12/h2-10,20-21,32H,1H3,(H,31,35)(H,33,34)(H,36,37)/t20-,21+/m0/s1. The Hall–Kier alpha value is -2.68. The van der Waals surface area contributed by atoms with E-state index >= 15 is 0 Å². The van der Waals surface area contributed by atoms with E-state index in [4.69, 9.17) is 63.1 Å². The fourth-order valence-corrected chi connectivity index (χ4v) is 5.30. The van der Waals surface area contributed by atoms with E-state index in [-0.39, 0.29) is 10.6 Å². The Bertz CT molecular complexity index is 1430. The van der Waals surface area contributed by atoms with Crippen LogP contribution in [0.25, 0.3) is 0 Å². The van der Waals surface area contributed by atoms with Crippen LogP contribution in [-0.2, 0) is 4.79 Å². The maximum absolute atomic E-state index is 13.0. The van der Waals surface area contributed by atoms with Crippen LogP contribution in [0.1, 0.15) is 27.4 Å². The zero-order valence-corrected chi connectivity index (χ0v) is 22.7. The Morgan fingerprint density at radius 2 is 1.46 bits per heavy atom. The van der Waals surface area contributed by atoms with Crippen LogP contribution in [0.15, 0.2) is 54.6 Å². The van der Waals surface area contributed by atoms with Crippen LogP contribution >= 0.6 is 58.0 Å². The molecule has 3 amide bonds. The summed E-state index contributed by atoms with van der Waals surface area (Å²) in [4.78, 5) is 36.8. The van der Waals surface area contributed by atoms with Crippen molar-refractivity contribution < 1.29 is 19.5 Å². The van der Waals surface area contributed by atoms with Crippen molar-refractivity contribution in [1.82, 2.24) is 0 Å². The Labute approximate surface area is 237 Å². The van der Waals surface area contributed by atoms with Gasteiger partial charge in [-0.15, -0.1) is 23.2 Å². The molecular formula is C25H18Cl5N3O4. The fraction of sp³-hybridized carbons (Fsp3) is 0.160. The molecule has 0 bridgehead atoms. The number of rotatable bonds is 6. The first-order valence-electron chi connectivity index (χ1n) is 10.7. The molecule has 192 valence electrons.